The van der Waals surface area contributed by atoms with Crippen molar-refractivity contribution in [2.24, 2.45) is 0 Å². The summed E-state index contributed by atoms with van der Waals surface area (Å²) in [5, 5.41) is 13.9. The molecule has 1 aliphatic rings. The lowest BCUT2D eigenvalue weighted by Crippen LogP contribution is -2.41. The lowest BCUT2D eigenvalue weighted by molar-refractivity contribution is 0.0697. The van der Waals surface area contributed by atoms with E-state index in [9.17, 15) is 4.79 Å². The smallest absolute Gasteiger partial charge is 0.335 e. The summed E-state index contributed by atoms with van der Waals surface area (Å²) in [5.74, 6) is -0.891. The molecule has 0 aromatic heterocycles. The second-order valence-electron chi connectivity index (χ2n) is 6.71. The van der Waals surface area contributed by atoms with E-state index in [0.29, 0.717) is 21.7 Å². The fraction of sp³-hybridized carbons (Fsp3) is 0.350. The van der Waals surface area contributed by atoms with Gasteiger partial charge in [-0.15, -0.1) is 0 Å². The van der Waals surface area contributed by atoms with Gasteiger partial charge >= 0.3 is 5.97 Å². The molecule has 1 aliphatic heterocycles. The van der Waals surface area contributed by atoms with Gasteiger partial charge < -0.3 is 10.4 Å². The Kier molecular flexibility index (Phi) is 6.54. The predicted molar refractivity (Wildman–Crippen MR) is 105 cm³/mol. The minimum Gasteiger partial charge on any atom is -0.478 e. The lowest BCUT2D eigenvalue weighted by Gasteiger charge is -2.32. The monoisotopic (exact) mass is 392 g/mol. The number of hydrogen-bond donors (Lipinski definition) is 2. The molecular weight excluding hydrogens is 371 g/mol. The minimum atomic E-state index is -0.891. The van der Waals surface area contributed by atoms with Crippen LogP contribution in [-0.2, 0) is 13.1 Å². The Balaban J connectivity index is 1.44. The van der Waals surface area contributed by atoms with Crippen molar-refractivity contribution in [3.63, 3.8) is 0 Å². The van der Waals surface area contributed by atoms with E-state index in [2.05, 4.69) is 10.2 Å². The third kappa shape index (κ3) is 5.45. The summed E-state index contributed by atoms with van der Waals surface area (Å²) in [6.45, 7) is 3.68. The first-order valence-electron chi connectivity index (χ1n) is 8.72. The summed E-state index contributed by atoms with van der Waals surface area (Å²) < 4.78 is 0. The Bertz CT molecular complexity index is 737. The maximum atomic E-state index is 10.9. The molecule has 2 aromatic rings. The number of hydrogen-bond acceptors (Lipinski definition) is 3. The molecular formula is C20H22Cl2N2O2. The molecule has 1 saturated heterocycles. The quantitative estimate of drug-likeness (QED) is 0.762. The Morgan fingerprint density at radius 2 is 1.65 bits per heavy atom. The van der Waals surface area contributed by atoms with E-state index in [-0.39, 0.29) is 0 Å². The molecule has 0 bridgehead atoms. The zero-order chi connectivity index (χ0) is 18.5. The molecule has 0 unspecified atom stereocenters. The van der Waals surface area contributed by atoms with Gasteiger partial charge in [-0.25, -0.2) is 4.79 Å². The third-order valence-corrected chi connectivity index (χ3v) is 5.15. The Morgan fingerprint density at radius 3 is 2.23 bits per heavy atom. The van der Waals surface area contributed by atoms with E-state index in [1.54, 1.807) is 18.2 Å². The number of benzene rings is 2. The number of piperidine rings is 1. The highest BCUT2D eigenvalue weighted by Gasteiger charge is 2.19. The van der Waals surface area contributed by atoms with Crippen LogP contribution in [0, 0.1) is 0 Å². The molecule has 6 heteroatoms. The van der Waals surface area contributed by atoms with E-state index in [1.165, 1.54) is 0 Å². The lowest BCUT2D eigenvalue weighted by atomic mass is 10.0. The fourth-order valence-electron chi connectivity index (χ4n) is 3.28. The molecule has 1 heterocycles. The van der Waals surface area contributed by atoms with Gasteiger partial charge in [-0.3, -0.25) is 4.90 Å². The van der Waals surface area contributed by atoms with E-state index >= 15 is 0 Å². The van der Waals surface area contributed by atoms with Crippen molar-refractivity contribution < 1.29 is 9.90 Å². The van der Waals surface area contributed by atoms with Gasteiger partial charge in [0.1, 0.15) is 0 Å². The number of nitrogens with zero attached hydrogens (tertiary/aromatic N) is 1. The maximum Gasteiger partial charge on any atom is 0.335 e. The Morgan fingerprint density at radius 1 is 1.04 bits per heavy atom. The van der Waals surface area contributed by atoms with Crippen LogP contribution in [0.4, 0.5) is 0 Å². The van der Waals surface area contributed by atoms with Crippen LogP contribution in [0.2, 0.25) is 10.0 Å². The van der Waals surface area contributed by atoms with E-state index in [1.807, 2.05) is 24.3 Å². The normalized spacial score (nSPS) is 15.9. The molecule has 0 aliphatic carbocycles. The number of halogens is 2. The molecule has 4 nitrogen and oxygen atoms in total. The topological polar surface area (TPSA) is 52.6 Å². The molecule has 2 N–H and O–H groups in total. The number of likely N-dealkylation sites (tertiary alicyclic amines) is 1. The highest BCUT2D eigenvalue weighted by atomic mass is 35.5. The van der Waals surface area contributed by atoms with Crippen LogP contribution in [-0.4, -0.2) is 35.1 Å². The summed E-state index contributed by atoms with van der Waals surface area (Å²) in [4.78, 5) is 13.3. The summed E-state index contributed by atoms with van der Waals surface area (Å²) in [7, 11) is 0. The number of aromatic carboxylic acids is 1. The number of carbonyl (C=O) groups is 1. The van der Waals surface area contributed by atoms with Gasteiger partial charge in [0.15, 0.2) is 0 Å². The Hall–Kier alpha value is -1.59. The standard InChI is InChI=1S/C20H22Cl2N2O2/c21-17-9-15(10-18(22)11-17)13-24-7-5-19(6-8-24)23-12-14-1-3-16(4-2-14)20(25)26/h1-4,9-11,19,23H,5-8,12-13H2,(H,25,26). The average Bonchev–Trinajstić information content (AvgIpc) is 2.60. The van der Waals surface area contributed by atoms with Crippen molar-refractivity contribution in [2.45, 2.75) is 32.0 Å². The number of carboxylic acids is 1. The van der Waals surface area contributed by atoms with Crippen molar-refractivity contribution in [1.29, 1.82) is 0 Å². The van der Waals surface area contributed by atoms with E-state index in [4.69, 9.17) is 28.3 Å². The molecule has 0 atom stereocenters. The number of nitrogens with one attached hydrogen (secondary N) is 1. The summed E-state index contributed by atoms with van der Waals surface area (Å²) in [6.07, 6.45) is 2.17. The second kappa shape index (κ2) is 8.87. The van der Waals surface area contributed by atoms with Crippen LogP contribution in [0.1, 0.15) is 34.3 Å². The molecule has 26 heavy (non-hydrogen) atoms. The van der Waals surface area contributed by atoms with Crippen molar-refractivity contribution in [2.75, 3.05) is 13.1 Å². The van der Waals surface area contributed by atoms with Crippen LogP contribution in [0.5, 0.6) is 0 Å². The van der Waals surface area contributed by atoms with Gasteiger partial charge in [-0.1, -0.05) is 35.3 Å². The zero-order valence-electron chi connectivity index (χ0n) is 14.4. The second-order valence-corrected chi connectivity index (χ2v) is 7.58. The first kappa shape index (κ1) is 19.2. The van der Waals surface area contributed by atoms with Crippen molar-refractivity contribution >= 4 is 29.2 Å². The summed E-state index contributed by atoms with van der Waals surface area (Å²) in [5.41, 5.74) is 2.57. The van der Waals surface area contributed by atoms with E-state index < -0.39 is 5.97 Å². The molecule has 0 radical (unpaired) electrons. The van der Waals surface area contributed by atoms with Gasteiger partial charge in [0.25, 0.3) is 0 Å². The average molecular weight is 393 g/mol. The van der Waals surface area contributed by atoms with Gasteiger partial charge in [0.2, 0.25) is 0 Å². The van der Waals surface area contributed by atoms with Crippen LogP contribution in [0.15, 0.2) is 42.5 Å². The molecule has 2 aromatic carbocycles. The summed E-state index contributed by atoms with van der Waals surface area (Å²) in [6, 6.07) is 13.2. The summed E-state index contributed by atoms with van der Waals surface area (Å²) >= 11 is 12.1. The largest absolute Gasteiger partial charge is 0.478 e. The highest BCUT2D eigenvalue weighted by molar-refractivity contribution is 6.34. The van der Waals surface area contributed by atoms with Crippen molar-refractivity contribution in [3.05, 3.63) is 69.2 Å². The van der Waals surface area contributed by atoms with Gasteiger partial charge in [0.05, 0.1) is 5.56 Å². The zero-order valence-corrected chi connectivity index (χ0v) is 15.9. The van der Waals surface area contributed by atoms with E-state index in [0.717, 1.165) is 50.1 Å². The van der Waals surface area contributed by atoms with Gasteiger partial charge in [-0.05, 0) is 67.4 Å². The van der Waals surface area contributed by atoms with Gasteiger partial charge in [-0.2, -0.15) is 0 Å². The molecule has 0 amide bonds. The van der Waals surface area contributed by atoms with Crippen LogP contribution in [0.3, 0.4) is 0 Å². The highest BCUT2D eigenvalue weighted by Crippen LogP contribution is 2.21. The number of carboxylic acid groups (broad SMARTS) is 1. The first-order chi connectivity index (χ1) is 12.5. The molecule has 138 valence electrons. The fourth-order valence-corrected chi connectivity index (χ4v) is 3.85. The molecule has 0 saturated carbocycles. The van der Waals surface area contributed by atoms with Crippen LogP contribution < -0.4 is 5.32 Å². The maximum absolute atomic E-state index is 10.9. The first-order valence-corrected chi connectivity index (χ1v) is 9.48. The van der Waals surface area contributed by atoms with Crippen molar-refractivity contribution in [1.82, 2.24) is 10.2 Å². The van der Waals surface area contributed by atoms with Crippen LogP contribution in [0.25, 0.3) is 0 Å². The van der Waals surface area contributed by atoms with Gasteiger partial charge in [0, 0.05) is 29.2 Å². The minimum absolute atomic E-state index is 0.322. The Labute approximate surface area is 163 Å². The third-order valence-electron chi connectivity index (χ3n) is 4.71. The molecule has 1 fully saturated rings. The number of rotatable bonds is 6. The van der Waals surface area contributed by atoms with Crippen LogP contribution >= 0.6 is 23.2 Å². The predicted octanol–water partition coefficient (Wildman–Crippen LogP) is 4.45. The SMILES string of the molecule is O=C(O)c1ccc(CNC2CCN(Cc3cc(Cl)cc(Cl)c3)CC2)cc1. The molecule has 3 rings (SSSR count). The van der Waals surface area contributed by atoms with Crippen molar-refractivity contribution in [3.8, 4) is 0 Å². The molecule has 0 spiro atoms.